The minimum Gasteiger partial charge on any atom is -0.232 e. The minimum absolute atomic E-state index is 0.189. The van der Waals surface area contributed by atoms with Gasteiger partial charge in [0.05, 0.1) is 16.4 Å². The molecule has 0 saturated carbocycles. The summed E-state index contributed by atoms with van der Waals surface area (Å²) >= 11 is 5.74. The number of aryl methyl sites for hydroxylation is 1. The Bertz CT molecular complexity index is 883. The molecule has 1 aromatic heterocycles. The highest BCUT2D eigenvalue weighted by Gasteiger charge is 2.35. The first-order valence-electron chi connectivity index (χ1n) is 6.95. The van der Waals surface area contributed by atoms with E-state index in [0.29, 0.717) is 5.56 Å². The van der Waals surface area contributed by atoms with Gasteiger partial charge in [-0.1, -0.05) is 41.4 Å². The van der Waals surface area contributed by atoms with Crippen LogP contribution in [0.1, 0.15) is 11.3 Å². The van der Waals surface area contributed by atoms with Crippen molar-refractivity contribution < 1.29 is 17.6 Å². The van der Waals surface area contributed by atoms with Crippen molar-refractivity contribution in [1.29, 1.82) is 0 Å². The Kier molecular flexibility index (Phi) is 4.09. The molecule has 0 unspecified atom stereocenters. The van der Waals surface area contributed by atoms with Crippen LogP contribution in [0.3, 0.4) is 0 Å². The SMILES string of the molecule is Cc1ccc(-c2cc(C(F)(F)F)nn2-c2ccc(F)c(Cl)c2)cc1. The van der Waals surface area contributed by atoms with E-state index in [0.717, 1.165) is 22.4 Å². The summed E-state index contributed by atoms with van der Waals surface area (Å²) in [5.74, 6) is -0.652. The van der Waals surface area contributed by atoms with Gasteiger partial charge >= 0.3 is 6.18 Å². The lowest BCUT2D eigenvalue weighted by atomic mass is 10.1. The number of nitrogens with zero attached hydrogens (tertiary/aromatic N) is 2. The molecule has 0 N–H and O–H groups in total. The quantitative estimate of drug-likeness (QED) is 0.543. The zero-order valence-electron chi connectivity index (χ0n) is 12.4. The summed E-state index contributed by atoms with van der Waals surface area (Å²) in [7, 11) is 0. The maximum atomic E-state index is 13.3. The number of aromatic nitrogens is 2. The lowest BCUT2D eigenvalue weighted by Crippen LogP contribution is -2.07. The Hall–Kier alpha value is -2.34. The van der Waals surface area contributed by atoms with Gasteiger partial charge in [0.25, 0.3) is 0 Å². The lowest BCUT2D eigenvalue weighted by molar-refractivity contribution is -0.141. The first kappa shape index (κ1) is 16.5. The molecule has 3 rings (SSSR count). The number of benzene rings is 2. The predicted octanol–water partition coefficient (Wildman–Crippen LogP) is 5.66. The average Bonchev–Trinajstić information content (AvgIpc) is 2.96. The van der Waals surface area contributed by atoms with E-state index in [-0.39, 0.29) is 16.4 Å². The van der Waals surface area contributed by atoms with E-state index in [1.807, 2.05) is 6.92 Å². The molecule has 0 saturated heterocycles. The second kappa shape index (κ2) is 5.94. The first-order valence-corrected chi connectivity index (χ1v) is 7.33. The minimum atomic E-state index is -4.59. The summed E-state index contributed by atoms with van der Waals surface area (Å²) in [5.41, 5.74) is 0.991. The highest BCUT2D eigenvalue weighted by atomic mass is 35.5. The third-order valence-electron chi connectivity index (χ3n) is 3.49. The van der Waals surface area contributed by atoms with Crippen LogP contribution in [0.25, 0.3) is 16.9 Å². The summed E-state index contributed by atoms with van der Waals surface area (Å²) in [6.45, 7) is 1.88. The van der Waals surface area contributed by atoms with Crippen molar-refractivity contribution in [3.63, 3.8) is 0 Å². The van der Waals surface area contributed by atoms with Gasteiger partial charge < -0.3 is 0 Å². The molecule has 0 radical (unpaired) electrons. The zero-order valence-corrected chi connectivity index (χ0v) is 13.2. The molecule has 24 heavy (non-hydrogen) atoms. The van der Waals surface area contributed by atoms with Gasteiger partial charge in [-0.05, 0) is 31.2 Å². The standard InChI is InChI=1S/C17H11ClF4N2/c1-10-2-4-11(5-3-10)15-9-16(17(20,21)22)23-24(15)12-6-7-14(19)13(18)8-12/h2-9H,1H3. The van der Waals surface area contributed by atoms with Crippen LogP contribution in [0.2, 0.25) is 5.02 Å². The van der Waals surface area contributed by atoms with Crippen LogP contribution in [0.15, 0.2) is 48.5 Å². The van der Waals surface area contributed by atoms with Gasteiger partial charge in [0.15, 0.2) is 5.69 Å². The van der Waals surface area contributed by atoms with E-state index in [4.69, 9.17) is 11.6 Å². The smallest absolute Gasteiger partial charge is 0.232 e. The number of rotatable bonds is 2. The summed E-state index contributed by atoms with van der Waals surface area (Å²) in [4.78, 5) is 0. The average molecular weight is 355 g/mol. The number of alkyl halides is 3. The number of hydrogen-bond donors (Lipinski definition) is 0. The molecule has 2 nitrogen and oxygen atoms in total. The second-order valence-electron chi connectivity index (χ2n) is 5.29. The van der Waals surface area contributed by atoms with E-state index in [1.165, 1.54) is 12.1 Å². The van der Waals surface area contributed by atoms with Crippen LogP contribution in [0, 0.1) is 12.7 Å². The summed E-state index contributed by atoms with van der Waals surface area (Å²) in [6.07, 6.45) is -4.59. The lowest BCUT2D eigenvalue weighted by Gasteiger charge is -2.09. The van der Waals surface area contributed by atoms with Crippen LogP contribution in [-0.4, -0.2) is 9.78 Å². The first-order chi connectivity index (χ1) is 11.3. The molecule has 0 aliphatic rings. The molecule has 124 valence electrons. The maximum Gasteiger partial charge on any atom is 0.435 e. The van der Waals surface area contributed by atoms with E-state index >= 15 is 0 Å². The molecular weight excluding hydrogens is 344 g/mol. The molecule has 0 amide bonds. The van der Waals surface area contributed by atoms with Gasteiger partial charge in [-0.2, -0.15) is 18.3 Å². The van der Waals surface area contributed by atoms with Crippen LogP contribution in [0.5, 0.6) is 0 Å². The van der Waals surface area contributed by atoms with Crippen LogP contribution < -0.4 is 0 Å². The number of hydrogen-bond acceptors (Lipinski definition) is 1. The fraction of sp³-hybridized carbons (Fsp3) is 0.118. The molecule has 0 aliphatic carbocycles. The van der Waals surface area contributed by atoms with E-state index in [1.54, 1.807) is 24.3 Å². The maximum absolute atomic E-state index is 13.3. The van der Waals surface area contributed by atoms with Crippen molar-refractivity contribution in [1.82, 2.24) is 9.78 Å². The molecule has 0 aliphatic heterocycles. The van der Waals surface area contributed by atoms with Crippen LogP contribution in [-0.2, 0) is 6.18 Å². The van der Waals surface area contributed by atoms with Gasteiger partial charge in [0.1, 0.15) is 5.82 Å². The second-order valence-corrected chi connectivity index (χ2v) is 5.70. The number of halogens is 5. The van der Waals surface area contributed by atoms with Crippen molar-refractivity contribution in [3.8, 4) is 16.9 Å². The molecule has 2 aromatic carbocycles. The van der Waals surface area contributed by atoms with E-state index in [9.17, 15) is 17.6 Å². The topological polar surface area (TPSA) is 17.8 Å². The highest BCUT2D eigenvalue weighted by Crippen LogP contribution is 2.33. The van der Waals surface area contributed by atoms with Gasteiger partial charge in [0.2, 0.25) is 0 Å². The predicted molar refractivity (Wildman–Crippen MR) is 83.7 cm³/mol. The zero-order chi connectivity index (χ0) is 17.5. The van der Waals surface area contributed by atoms with Gasteiger partial charge in [-0.3, -0.25) is 0 Å². The van der Waals surface area contributed by atoms with Gasteiger partial charge in [-0.25, -0.2) is 9.07 Å². The highest BCUT2D eigenvalue weighted by molar-refractivity contribution is 6.30. The normalized spacial score (nSPS) is 11.8. The monoisotopic (exact) mass is 354 g/mol. The van der Waals surface area contributed by atoms with Crippen molar-refractivity contribution in [3.05, 3.63) is 70.6 Å². The third-order valence-corrected chi connectivity index (χ3v) is 3.78. The summed E-state index contributed by atoms with van der Waals surface area (Å²) in [6, 6.07) is 11.6. The molecule has 0 fully saturated rings. The Morgan fingerprint density at radius 1 is 1.00 bits per heavy atom. The van der Waals surface area contributed by atoms with Crippen molar-refractivity contribution >= 4 is 11.6 Å². The van der Waals surface area contributed by atoms with E-state index in [2.05, 4.69) is 5.10 Å². The Morgan fingerprint density at radius 3 is 2.25 bits per heavy atom. The fourth-order valence-corrected chi connectivity index (χ4v) is 2.44. The molecule has 0 spiro atoms. The van der Waals surface area contributed by atoms with Gasteiger partial charge in [-0.15, -0.1) is 0 Å². The van der Waals surface area contributed by atoms with Crippen LogP contribution in [0.4, 0.5) is 17.6 Å². The van der Waals surface area contributed by atoms with Gasteiger partial charge in [0, 0.05) is 5.56 Å². The molecule has 0 atom stereocenters. The van der Waals surface area contributed by atoms with Crippen molar-refractivity contribution in [2.24, 2.45) is 0 Å². The molecule has 1 heterocycles. The molecule has 7 heteroatoms. The fourth-order valence-electron chi connectivity index (χ4n) is 2.26. The Morgan fingerprint density at radius 2 is 1.67 bits per heavy atom. The molecular formula is C17H11ClF4N2. The van der Waals surface area contributed by atoms with Crippen molar-refractivity contribution in [2.45, 2.75) is 13.1 Å². The Labute approximate surface area is 140 Å². The largest absolute Gasteiger partial charge is 0.435 e. The van der Waals surface area contributed by atoms with Crippen molar-refractivity contribution in [2.75, 3.05) is 0 Å². The summed E-state index contributed by atoms with van der Waals surface area (Å²) < 4.78 is 53.6. The van der Waals surface area contributed by atoms with Crippen LogP contribution >= 0.6 is 11.6 Å². The molecule has 3 aromatic rings. The molecule has 0 bridgehead atoms. The van der Waals surface area contributed by atoms with E-state index < -0.39 is 17.7 Å². The summed E-state index contributed by atoms with van der Waals surface area (Å²) in [5, 5.41) is 3.44. The Balaban J connectivity index is 2.21. The third kappa shape index (κ3) is 3.14.